The van der Waals surface area contributed by atoms with Crippen molar-refractivity contribution in [2.75, 3.05) is 40.3 Å². The van der Waals surface area contributed by atoms with Crippen LogP contribution in [0, 0.1) is 0 Å². The van der Waals surface area contributed by atoms with E-state index in [2.05, 4.69) is 17.3 Å². The van der Waals surface area contributed by atoms with E-state index in [1.807, 2.05) is 0 Å². The number of piperidine rings is 1. The summed E-state index contributed by atoms with van der Waals surface area (Å²) in [4.78, 5) is 42.0. The molecular weight excluding hydrogens is 320 g/mol. The summed E-state index contributed by atoms with van der Waals surface area (Å²) in [6.07, 6.45) is 1.91. The van der Waals surface area contributed by atoms with E-state index in [4.69, 9.17) is 0 Å². The first kappa shape index (κ1) is 17.4. The zero-order valence-electron chi connectivity index (χ0n) is 14.7. The fourth-order valence-corrected chi connectivity index (χ4v) is 3.39. The summed E-state index contributed by atoms with van der Waals surface area (Å²) >= 11 is 0. The molecule has 0 radical (unpaired) electrons. The van der Waals surface area contributed by atoms with Gasteiger partial charge in [0.15, 0.2) is 0 Å². The van der Waals surface area contributed by atoms with Crippen LogP contribution in [0.1, 0.15) is 33.6 Å². The Kier molecular flexibility index (Phi) is 5.03. The zero-order valence-corrected chi connectivity index (χ0v) is 14.7. The van der Waals surface area contributed by atoms with Crippen LogP contribution < -0.4 is 5.32 Å². The highest BCUT2D eigenvalue weighted by atomic mass is 16.2. The minimum absolute atomic E-state index is 0.161. The Labute approximate surface area is 147 Å². The third-order valence-electron chi connectivity index (χ3n) is 5.05. The van der Waals surface area contributed by atoms with Gasteiger partial charge in [-0.1, -0.05) is 12.1 Å². The van der Waals surface area contributed by atoms with E-state index in [1.165, 1.54) is 4.90 Å². The van der Waals surface area contributed by atoms with Gasteiger partial charge in [0.05, 0.1) is 11.1 Å². The summed E-state index contributed by atoms with van der Waals surface area (Å²) in [6, 6.07) is 6.86. The van der Waals surface area contributed by atoms with Crippen LogP contribution in [0.15, 0.2) is 24.3 Å². The lowest BCUT2D eigenvalue weighted by Crippen LogP contribution is -2.49. The zero-order chi connectivity index (χ0) is 18.0. The van der Waals surface area contributed by atoms with Gasteiger partial charge >= 0.3 is 6.03 Å². The first-order chi connectivity index (χ1) is 12.0. The molecule has 134 valence electrons. The lowest BCUT2D eigenvalue weighted by molar-refractivity contribution is 0.0654. The summed E-state index contributed by atoms with van der Waals surface area (Å²) in [5, 5.41) is 2.81. The molecule has 0 atom stereocenters. The molecular formula is C18H24N4O3. The number of fused-ring (bicyclic) bond motifs is 1. The predicted octanol–water partition coefficient (Wildman–Crippen LogP) is 1.02. The summed E-state index contributed by atoms with van der Waals surface area (Å²) in [6.45, 7) is 2.40. The summed E-state index contributed by atoms with van der Waals surface area (Å²) in [7, 11) is 3.88. The highest BCUT2D eigenvalue weighted by molar-refractivity contribution is 6.21. The molecule has 1 fully saturated rings. The maximum absolute atomic E-state index is 12.3. The summed E-state index contributed by atoms with van der Waals surface area (Å²) in [5.74, 6) is -0.586. The van der Waals surface area contributed by atoms with E-state index in [0.29, 0.717) is 11.1 Å². The van der Waals surface area contributed by atoms with Crippen LogP contribution in [0.25, 0.3) is 0 Å². The number of benzene rings is 1. The number of urea groups is 1. The van der Waals surface area contributed by atoms with Crippen LogP contribution in [0.2, 0.25) is 0 Å². The Morgan fingerprint density at radius 2 is 1.72 bits per heavy atom. The molecule has 0 bridgehead atoms. The van der Waals surface area contributed by atoms with Crippen molar-refractivity contribution >= 4 is 17.8 Å². The molecule has 2 aliphatic heterocycles. The topological polar surface area (TPSA) is 73.0 Å². The molecule has 7 heteroatoms. The molecule has 0 aromatic heterocycles. The average Bonchev–Trinajstić information content (AvgIpc) is 2.87. The molecule has 2 heterocycles. The SMILES string of the molecule is CN1CCC(N(C)C(=O)NCCN2C(=O)c3ccccc3C2=O)CC1. The van der Waals surface area contributed by atoms with Crippen LogP contribution in [-0.2, 0) is 0 Å². The molecule has 25 heavy (non-hydrogen) atoms. The third kappa shape index (κ3) is 3.51. The van der Waals surface area contributed by atoms with E-state index >= 15 is 0 Å². The minimum Gasteiger partial charge on any atom is -0.336 e. The number of nitrogens with zero attached hydrogens (tertiary/aromatic N) is 3. The number of nitrogens with one attached hydrogen (secondary N) is 1. The summed E-state index contributed by atoms with van der Waals surface area (Å²) in [5.41, 5.74) is 0.865. The van der Waals surface area contributed by atoms with Crippen molar-refractivity contribution < 1.29 is 14.4 Å². The molecule has 2 aliphatic rings. The molecule has 0 unspecified atom stereocenters. The van der Waals surface area contributed by atoms with Crippen molar-refractivity contribution in [3.05, 3.63) is 35.4 Å². The molecule has 0 spiro atoms. The molecule has 0 saturated carbocycles. The van der Waals surface area contributed by atoms with Crippen LogP contribution in [-0.4, -0.2) is 78.9 Å². The highest BCUT2D eigenvalue weighted by Gasteiger charge is 2.34. The Morgan fingerprint density at radius 3 is 2.28 bits per heavy atom. The van der Waals surface area contributed by atoms with Gasteiger partial charge in [0.2, 0.25) is 0 Å². The van der Waals surface area contributed by atoms with Gasteiger partial charge in [0.1, 0.15) is 0 Å². The monoisotopic (exact) mass is 344 g/mol. The van der Waals surface area contributed by atoms with Crippen LogP contribution >= 0.6 is 0 Å². The van der Waals surface area contributed by atoms with Crippen LogP contribution in [0.5, 0.6) is 0 Å². The van der Waals surface area contributed by atoms with E-state index < -0.39 is 0 Å². The molecule has 7 nitrogen and oxygen atoms in total. The number of carbonyl (C=O) groups is 3. The van der Waals surface area contributed by atoms with Gasteiger partial charge in [-0.15, -0.1) is 0 Å². The van der Waals surface area contributed by atoms with Gasteiger partial charge in [-0.05, 0) is 45.1 Å². The largest absolute Gasteiger partial charge is 0.336 e. The fraction of sp³-hybridized carbons (Fsp3) is 0.500. The van der Waals surface area contributed by atoms with E-state index in [9.17, 15) is 14.4 Å². The van der Waals surface area contributed by atoms with Crippen molar-refractivity contribution in [2.24, 2.45) is 0 Å². The number of likely N-dealkylation sites (tertiary alicyclic amines) is 1. The Morgan fingerprint density at radius 1 is 1.16 bits per heavy atom. The standard InChI is InChI=1S/C18H24N4O3/c1-20-10-7-13(8-11-20)21(2)18(25)19-9-12-22-16(23)14-5-3-4-6-15(14)17(22)24/h3-6,13H,7-12H2,1-2H3,(H,19,25). The van der Waals surface area contributed by atoms with E-state index in [-0.39, 0.29) is 37.0 Å². The summed E-state index contributed by atoms with van der Waals surface area (Å²) < 4.78 is 0. The van der Waals surface area contributed by atoms with Gasteiger partial charge in [-0.25, -0.2) is 4.79 Å². The Hall–Kier alpha value is -2.41. The number of amides is 4. The second kappa shape index (κ2) is 7.23. The van der Waals surface area contributed by atoms with Crippen LogP contribution in [0.3, 0.4) is 0 Å². The van der Waals surface area contributed by atoms with Crippen LogP contribution in [0.4, 0.5) is 4.79 Å². The molecule has 1 aromatic carbocycles. The highest BCUT2D eigenvalue weighted by Crippen LogP contribution is 2.21. The second-order valence-corrected chi connectivity index (χ2v) is 6.68. The third-order valence-corrected chi connectivity index (χ3v) is 5.05. The first-order valence-corrected chi connectivity index (χ1v) is 8.63. The fourth-order valence-electron chi connectivity index (χ4n) is 3.39. The van der Waals surface area contributed by atoms with Crippen molar-refractivity contribution in [3.8, 4) is 0 Å². The van der Waals surface area contributed by atoms with Crippen molar-refractivity contribution in [1.29, 1.82) is 0 Å². The smallest absolute Gasteiger partial charge is 0.317 e. The first-order valence-electron chi connectivity index (χ1n) is 8.63. The molecule has 0 aliphatic carbocycles. The average molecular weight is 344 g/mol. The number of carbonyl (C=O) groups excluding carboxylic acids is 3. The number of rotatable bonds is 4. The molecule has 4 amide bonds. The van der Waals surface area contributed by atoms with Gasteiger partial charge in [-0.2, -0.15) is 0 Å². The maximum Gasteiger partial charge on any atom is 0.317 e. The van der Waals surface area contributed by atoms with Crippen molar-refractivity contribution in [2.45, 2.75) is 18.9 Å². The quantitative estimate of drug-likeness (QED) is 0.828. The lowest BCUT2D eigenvalue weighted by Gasteiger charge is -2.35. The van der Waals surface area contributed by atoms with Crippen molar-refractivity contribution in [1.82, 2.24) is 20.0 Å². The predicted molar refractivity (Wildman–Crippen MR) is 93.5 cm³/mol. The molecule has 3 rings (SSSR count). The van der Waals surface area contributed by atoms with Gasteiger partial charge in [-0.3, -0.25) is 14.5 Å². The Balaban J connectivity index is 1.49. The molecule has 1 aromatic rings. The number of hydrogen-bond acceptors (Lipinski definition) is 4. The van der Waals surface area contributed by atoms with Gasteiger partial charge in [0, 0.05) is 26.2 Å². The maximum atomic E-state index is 12.3. The van der Waals surface area contributed by atoms with Gasteiger partial charge in [0.25, 0.3) is 11.8 Å². The van der Waals surface area contributed by atoms with E-state index in [0.717, 1.165) is 25.9 Å². The van der Waals surface area contributed by atoms with Crippen molar-refractivity contribution in [3.63, 3.8) is 0 Å². The normalized spacial score (nSPS) is 18.4. The molecule has 1 N–H and O–H groups in total. The lowest BCUT2D eigenvalue weighted by atomic mass is 10.0. The van der Waals surface area contributed by atoms with E-state index in [1.54, 1.807) is 36.2 Å². The number of hydrogen-bond donors (Lipinski definition) is 1. The van der Waals surface area contributed by atoms with Gasteiger partial charge < -0.3 is 15.1 Å². The molecule has 1 saturated heterocycles. The second-order valence-electron chi connectivity index (χ2n) is 6.68. The minimum atomic E-state index is -0.293. The Bertz CT molecular complexity index is 648. The number of imide groups is 1.